The Labute approximate surface area is 208 Å². The summed E-state index contributed by atoms with van der Waals surface area (Å²) in [6, 6.07) is 10.0. The molecule has 2 aromatic heterocycles. The first kappa shape index (κ1) is 25.5. The Hall–Kier alpha value is -3.60. The van der Waals surface area contributed by atoms with Crippen molar-refractivity contribution in [2.75, 3.05) is 11.4 Å². The first-order valence-electron chi connectivity index (χ1n) is 11.3. The lowest BCUT2D eigenvalue weighted by Gasteiger charge is -2.33. The Morgan fingerprint density at radius 3 is 2.56 bits per heavy atom. The third kappa shape index (κ3) is 5.62. The number of carbonyl (C=O) groups is 1. The molecule has 3 heterocycles. The van der Waals surface area contributed by atoms with Crippen LogP contribution in [0.2, 0.25) is 0 Å². The molecule has 0 bridgehead atoms. The molecule has 1 atom stereocenters. The van der Waals surface area contributed by atoms with Crippen molar-refractivity contribution >= 4 is 21.7 Å². The largest absolute Gasteiger partial charge is 0.473 e. The van der Waals surface area contributed by atoms with E-state index in [4.69, 9.17) is 4.74 Å². The predicted molar refractivity (Wildman–Crippen MR) is 129 cm³/mol. The van der Waals surface area contributed by atoms with Crippen LogP contribution in [0.3, 0.4) is 0 Å². The predicted octanol–water partition coefficient (Wildman–Crippen LogP) is 4.08. The van der Waals surface area contributed by atoms with Crippen LogP contribution in [0.1, 0.15) is 43.1 Å². The molecule has 36 heavy (non-hydrogen) atoms. The van der Waals surface area contributed by atoms with Gasteiger partial charge in [0.15, 0.2) is 5.03 Å². The second-order valence-corrected chi connectivity index (χ2v) is 11.1. The van der Waals surface area contributed by atoms with Crippen LogP contribution in [0.4, 0.5) is 14.6 Å². The Bertz CT molecular complexity index is 1380. The summed E-state index contributed by atoms with van der Waals surface area (Å²) in [5, 5.41) is -0.445. The molecule has 8 nitrogen and oxygen atoms in total. The van der Waals surface area contributed by atoms with Gasteiger partial charge in [0.2, 0.25) is 5.88 Å². The van der Waals surface area contributed by atoms with Gasteiger partial charge in [0.05, 0.1) is 5.56 Å². The van der Waals surface area contributed by atoms with E-state index < -0.39 is 32.6 Å². The van der Waals surface area contributed by atoms with E-state index in [1.165, 1.54) is 24.3 Å². The van der Waals surface area contributed by atoms with Gasteiger partial charge in [-0.1, -0.05) is 13.0 Å². The highest BCUT2D eigenvalue weighted by Gasteiger charge is 2.39. The SMILES string of the molecule is CC1CN(c2ncccc2C(=O)NS(=O)(=O)c2cccc(OCc3cc(F)cc(F)c3)n2)C(C)(C)C1. The maximum atomic E-state index is 13.4. The third-order valence-electron chi connectivity index (χ3n) is 5.87. The number of amides is 1. The van der Waals surface area contributed by atoms with Crippen LogP contribution in [0.15, 0.2) is 59.8 Å². The minimum atomic E-state index is -4.36. The van der Waals surface area contributed by atoms with Crippen LogP contribution in [-0.2, 0) is 16.6 Å². The molecule has 1 N–H and O–H groups in total. The molecule has 1 unspecified atom stereocenters. The van der Waals surface area contributed by atoms with Crippen LogP contribution in [0.5, 0.6) is 5.88 Å². The molecule has 1 aliphatic heterocycles. The summed E-state index contributed by atoms with van der Waals surface area (Å²) < 4.78 is 60.2. The summed E-state index contributed by atoms with van der Waals surface area (Å²) in [6.07, 6.45) is 2.47. The second kappa shape index (κ2) is 9.81. The van der Waals surface area contributed by atoms with E-state index in [9.17, 15) is 22.0 Å². The zero-order valence-corrected chi connectivity index (χ0v) is 20.9. The van der Waals surface area contributed by atoms with Crippen molar-refractivity contribution in [3.05, 3.63) is 77.5 Å². The van der Waals surface area contributed by atoms with Crippen LogP contribution >= 0.6 is 0 Å². The van der Waals surface area contributed by atoms with Crippen LogP contribution in [-0.4, -0.2) is 36.4 Å². The first-order chi connectivity index (χ1) is 16.9. The molecule has 1 amide bonds. The van der Waals surface area contributed by atoms with Gasteiger partial charge in [-0.05, 0) is 62.1 Å². The highest BCUT2D eigenvalue weighted by Crippen LogP contribution is 2.37. The number of benzene rings is 1. The van der Waals surface area contributed by atoms with Gasteiger partial charge in [-0.15, -0.1) is 0 Å². The Kier molecular flexibility index (Phi) is 6.94. The van der Waals surface area contributed by atoms with Crippen molar-refractivity contribution in [1.29, 1.82) is 0 Å². The quantitative estimate of drug-likeness (QED) is 0.505. The number of hydrogen-bond acceptors (Lipinski definition) is 7. The minimum Gasteiger partial charge on any atom is -0.473 e. The average Bonchev–Trinajstić information content (AvgIpc) is 3.08. The van der Waals surface area contributed by atoms with Crippen molar-refractivity contribution in [2.45, 2.75) is 44.4 Å². The summed E-state index contributed by atoms with van der Waals surface area (Å²) >= 11 is 0. The van der Waals surface area contributed by atoms with Crippen molar-refractivity contribution in [1.82, 2.24) is 14.7 Å². The van der Waals surface area contributed by atoms with Crippen LogP contribution < -0.4 is 14.4 Å². The lowest BCUT2D eigenvalue weighted by molar-refractivity contribution is 0.0981. The van der Waals surface area contributed by atoms with E-state index in [1.807, 2.05) is 4.90 Å². The standard InChI is InChI=1S/C25H26F2N4O4S/c1-16-13-25(2,3)31(14-16)23-20(6-5-9-28-23)24(32)30-36(33,34)22-8-4-7-21(29-22)35-15-17-10-18(26)12-19(27)11-17/h4-12,16H,13-15H2,1-3H3,(H,30,32). The van der Waals surface area contributed by atoms with Gasteiger partial charge >= 0.3 is 0 Å². The van der Waals surface area contributed by atoms with E-state index >= 15 is 0 Å². The summed E-state index contributed by atoms with van der Waals surface area (Å²) in [5.41, 5.74) is 0.0855. The van der Waals surface area contributed by atoms with Crippen molar-refractivity contribution in [3.8, 4) is 5.88 Å². The fraction of sp³-hybridized carbons (Fsp3) is 0.320. The van der Waals surface area contributed by atoms with Crippen molar-refractivity contribution < 1.29 is 26.7 Å². The smallest absolute Gasteiger partial charge is 0.281 e. The highest BCUT2D eigenvalue weighted by atomic mass is 32.2. The van der Waals surface area contributed by atoms with Gasteiger partial charge in [0, 0.05) is 30.4 Å². The Balaban J connectivity index is 1.52. The molecule has 1 aromatic carbocycles. The molecule has 4 rings (SSSR count). The zero-order valence-electron chi connectivity index (χ0n) is 20.0. The summed E-state index contributed by atoms with van der Waals surface area (Å²) in [4.78, 5) is 23.4. The molecule has 0 saturated carbocycles. The maximum absolute atomic E-state index is 13.4. The number of nitrogens with zero attached hydrogens (tertiary/aromatic N) is 3. The van der Waals surface area contributed by atoms with E-state index in [0.29, 0.717) is 18.3 Å². The summed E-state index contributed by atoms with van der Waals surface area (Å²) in [6.45, 7) is 6.67. The lowest BCUT2D eigenvalue weighted by Crippen LogP contribution is -2.41. The topological polar surface area (TPSA) is 101 Å². The molecule has 11 heteroatoms. The summed E-state index contributed by atoms with van der Waals surface area (Å²) in [7, 11) is -4.36. The highest BCUT2D eigenvalue weighted by molar-refractivity contribution is 7.90. The minimum absolute atomic E-state index is 0.0927. The van der Waals surface area contributed by atoms with E-state index in [1.54, 1.807) is 12.3 Å². The molecule has 1 saturated heterocycles. The van der Waals surface area contributed by atoms with E-state index in [-0.39, 0.29) is 29.2 Å². The molecule has 0 aliphatic carbocycles. The molecule has 0 spiro atoms. The number of halogens is 2. The van der Waals surface area contributed by atoms with E-state index in [2.05, 4.69) is 35.5 Å². The number of pyridine rings is 2. The second-order valence-electron chi connectivity index (χ2n) is 9.42. The van der Waals surface area contributed by atoms with Gasteiger partial charge in [0.1, 0.15) is 24.1 Å². The van der Waals surface area contributed by atoms with Gasteiger partial charge in [-0.3, -0.25) is 4.79 Å². The van der Waals surface area contributed by atoms with Crippen LogP contribution in [0.25, 0.3) is 0 Å². The average molecular weight is 517 g/mol. The zero-order chi connectivity index (χ0) is 26.1. The fourth-order valence-electron chi connectivity index (χ4n) is 4.46. The number of nitrogens with one attached hydrogen (secondary N) is 1. The van der Waals surface area contributed by atoms with Crippen molar-refractivity contribution in [3.63, 3.8) is 0 Å². The molecular weight excluding hydrogens is 490 g/mol. The van der Waals surface area contributed by atoms with Crippen molar-refractivity contribution in [2.24, 2.45) is 5.92 Å². The Morgan fingerprint density at radius 1 is 1.17 bits per heavy atom. The van der Waals surface area contributed by atoms with Gasteiger partial charge < -0.3 is 9.64 Å². The third-order valence-corrected chi connectivity index (χ3v) is 7.10. The molecule has 0 radical (unpaired) electrons. The number of anilines is 1. The lowest BCUT2D eigenvalue weighted by atomic mass is 9.97. The first-order valence-corrected chi connectivity index (χ1v) is 12.8. The number of carbonyl (C=O) groups excluding carboxylic acids is 1. The monoisotopic (exact) mass is 516 g/mol. The summed E-state index contributed by atoms with van der Waals surface area (Å²) in [5.74, 6) is -1.66. The number of hydrogen-bond donors (Lipinski definition) is 1. The number of aromatic nitrogens is 2. The van der Waals surface area contributed by atoms with Gasteiger partial charge in [0.25, 0.3) is 15.9 Å². The maximum Gasteiger partial charge on any atom is 0.281 e. The van der Waals surface area contributed by atoms with Gasteiger partial charge in [-0.25, -0.2) is 18.5 Å². The number of rotatable bonds is 7. The molecule has 3 aromatic rings. The van der Waals surface area contributed by atoms with E-state index in [0.717, 1.165) is 24.6 Å². The van der Waals surface area contributed by atoms with Crippen LogP contribution in [0, 0.1) is 17.6 Å². The van der Waals surface area contributed by atoms with Gasteiger partial charge in [-0.2, -0.15) is 13.4 Å². The molecule has 1 aliphatic rings. The Morgan fingerprint density at radius 2 is 1.89 bits per heavy atom. The molecule has 190 valence electrons. The molecule has 1 fully saturated rings. The molecular formula is C25H26F2N4O4S. The fourth-order valence-corrected chi connectivity index (χ4v) is 5.38. The number of ether oxygens (including phenoxy) is 1. The number of sulfonamides is 1. The normalized spacial score (nSPS) is 17.1.